The maximum Gasteiger partial charge on any atom is 0.227 e. The lowest BCUT2D eigenvalue weighted by molar-refractivity contribution is -0.120. The minimum atomic E-state index is 0.0549. The third-order valence-corrected chi connectivity index (χ3v) is 3.77. The second-order valence-corrected chi connectivity index (χ2v) is 5.30. The van der Waals surface area contributed by atoms with Crippen molar-refractivity contribution in [3.63, 3.8) is 0 Å². The monoisotopic (exact) mass is 262 g/mol. The van der Waals surface area contributed by atoms with Crippen molar-refractivity contribution in [3.8, 4) is 5.75 Å². The number of amides is 1. The SMILES string of the molecule is Nc1cc(O)ccc1NC(=O)C1CCCCCCC1. The average Bonchev–Trinajstić information content (AvgIpc) is 2.32. The van der Waals surface area contributed by atoms with Crippen molar-refractivity contribution >= 4 is 17.3 Å². The van der Waals surface area contributed by atoms with Gasteiger partial charge in [0.1, 0.15) is 5.75 Å². The first kappa shape index (κ1) is 13.7. The van der Waals surface area contributed by atoms with E-state index in [9.17, 15) is 9.90 Å². The van der Waals surface area contributed by atoms with E-state index in [1.165, 1.54) is 31.4 Å². The fourth-order valence-electron chi connectivity index (χ4n) is 2.62. The smallest absolute Gasteiger partial charge is 0.227 e. The molecule has 1 saturated carbocycles. The Labute approximate surface area is 114 Å². The second kappa shape index (κ2) is 6.45. The molecule has 4 heteroatoms. The van der Waals surface area contributed by atoms with Crippen LogP contribution in [-0.2, 0) is 4.79 Å². The first-order valence-corrected chi connectivity index (χ1v) is 7.06. The molecule has 0 aliphatic heterocycles. The number of hydrogen-bond donors (Lipinski definition) is 3. The van der Waals surface area contributed by atoms with Gasteiger partial charge < -0.3 is 16.2 Å². The van der Waals surface area contributed by atoms with Crippen LogP contribution in [0.1, 0.15) is 44.9 Å². The van der Waals surface area contributed by atoms with Gasteiger partial charge >= 0.3 is 0 Å². The number of anilines is 2. The summed E-state index contributed by atoms with van der Waals surface area (Å²) >= 11 is 0. The van der Waals surface area contributed by atoms with Gasteiger partial charge in [0.05, 0.1) is 11.4 Å². The highest BCUT2D eigenvalue weighted by atomic mass is 16.3. The molecule has 1 fully saturated rings. The fourth-order valence-corrected chi connectivity index (χ4v) is 2.62. The predicted octanol–water partition coefficient (Wildman–Crippen LogP) is 3.27. The number of nitrogen functional groups attached to an aromatic ring is 1. The number of nitrogens with one attached hydrogen (secondary N) is 1. The normalized spacial score (nSPS) is 17.5. The van der Waals surface area contributed by atoms with Crippen LogP contribution in [0, 0.1) is 5.92 Å². The number of nitrogens with two attached hydrogens (primary N) is 1. The van der Waals surface area contributed by atoms with Crippen LogP contribution >= 0.6 is 0 Å². The van der Waals surface area contributed by atoms with Crippen LogP contribution < -0.4 is 11.1 Å². The number of hydrogen-bond acceptors (Lipinski definition) is 3. The number of carbonyl (C=O) groups is 1. The van der Waals surface area contributed by atoms with Gasteiger partial charge in [0.25, 0.3) is 0 Å². The van der Waals surface area contributed by atoms with E-state index in [-0.39, 0.29) is 17.6 Å². The molecule has 1 aromatic carbocycles. The molecule has 4 N–H and O–H groups in total. The molecular weight excluding hydrogens is 240 g/mol. The quantitative estimate of drug-likeness (QED) is 0.565. The predicted molar refractivity (Wildman–Crippen MR) is 77.0 cm³/mol. The Morgan fingerprint density at radius 3 is 2.42 bits per heavy atom. The zero-order valence-corrected chi connectivity index (χ0v) is 11.2. The Morgan fingerprint density at radius 1 is 1.16 bits per heavy atom. The Bertz CT molecular complexity index is 438. The van der Waals surface area contributed by atoms with Gasteiger partial charge in [-0.15, -0.1) is 0 Å². The molecule has 1 aliphatic carbocycles. The zero-order chi connectivity index (χ0) is 13.7. The van der Waals surface area contributed by atoms with E-state index in [4.69, 9.17) is 5.73 Å². The van der Waals surface area contributed by atoms with Crippen molar-refractivity contribution in [3.05, 3.63) is 18.2 Å². The van der Waals surface area contributed by atoms with Gasteiger partial charge in [0.15, 0.2) is 0 Å². The van der Waals surface area contributed by atoms with Crippen LogP contribution in [0.15, 0.2) is 18.2 Å². The summed E-state index contributed by atoms with van der Waals surface area (Å²) in [6.07, 6.45) is 7.93. The minimum absolute atomic E-state index is 0.0549. The molecule has 1 amide bonds. The van der Waals surface area contributed by atoms with E-state index in [0.29, 0.717) is 11.4 Å². The molecular formula is C15H22N2O2. The van der Waals surface area contributed by atoms with Crippen LogP contribution in [0.3, 0.4) is 0 Å². The molecule has 0 bridgehead atoms. The molecule has 0 heterocycles. The Morgan fingerprint density at radius 2 is 1.79 bits per heavy atom. The lowest BCUT2D eigenvalue weighted by Gasteiger charge is -2.19. The zero-order valence-electron chi connectivity index (χ0n) is 11.2. The molecule has 19 heavy (non-hydrogen) atoms. The Balaban J connectivity index is 1.98. The highest BCUT2D eigenvalue weighted by Crippen LogP contribution is 2.27. The van der Waals surface area contributed by atoms with Crippen LogP contribution in [0.4, 0.5) is 11.4 Å². The molecule has 104 valence electrons. The van der Waals surface area contributed by atoms with E-state index >= 15 is 0 Å². The van der Waals surface area contributed by atoms with Gasteiger partial charge in [-0.3, -0.25) is 4.79 Å². The molecule has 0 unspecified atom stereocenters. The number of carbonyl (C=O) groups excluding carboxylic acids is 1. The van der Waals surface area contributed by atoms with Crippen molar-refractivity contribution in [1.82, 2.24) is 0 Å². The van der Waals surface area contributed by atoms with Crippen LogP contribution in [0.25, 0.3) is 0 Å². The minimum Gasteiger partial charge on any atom is -0.508 e. The highest BCUT2D eigenvalue weighted by Gasteiger charge is 2.19. The lowest BCUT2D eigenvalue weighted by atomic mass is 9.90. The largest absolute Gasteiger partial charge is 0.508 e. The molecule has 0 radical (unpaired) electrons. The molecule has 0 atom stereocenters. The molecule has 0 aromatic heterocycles. The summed E-state index contributed by atoms with van der Waals surface area (Å²) in [4.78, 5) is 12.2. The number of aromatic hydroxyl groups is 1. The molecule has 2 rings (SSSR count). The Kier molecular flexibility index (Phi) is 4.66. The summed E-state index contributed by atoms with van der Waals surface area (Å²) < 4.78 is 0. The van der Waals surface area contributed by atoms with Crippen molar-refractivity contribution in [2.75, 3.05) is 11.1 Å². The molecule has 0 saturated heterocycles. The number of phenols is 1. The van der Waals surface area contributed by atoms with Gasteiger partial charge in [-0.05, 0) is 25.0 Å². The van der Waals surface area contributed by atoms with Crippen molar-refractivity contribution in [1.29, 1.82) is 0 Å². The molecule has 1 aromatic rings. The standard InChI is InChI=1S/C15H22N2O2/c16-13-10-12(18)8-9-14(13)17-15(19)11-6-4-2-1-3-5-7-11/h8-11,18H,1-7,16H2,(H,17,19). The molecule has 0 spiro atoms. The van der Waals surface area contributed by atoms with E-state index in [1.54, 1.807) is 6.07 Å². The van der Waals surface area contributed by atoms with Gasteiger partial charge in [-0.1, -0.05) is 32.1 Å². The average molecular weight is 262 g/mol. The van der Waals surface area contributed by atoms with E-state index in [1.807, 2.05) is 0 Å². The van der Waals surface area contributed by atoms with Crippen LogP contribution in [-0.4, -0.2) is 11.0 Å². The summed E-state index contributed by atoms with van der Waals surface area (Å²) in [5.74, 6) is 0.259. The Hall–Kier alpha value is -1.71. The topological polar surface area (TPSA) is 75.3 Å². The third-order valence-electron chi connectivity index (χ3n) is 3.77. The van der Waals surface area contributed by atoms with E-state index in [2.05, 4.69) is 5.32 Å². The highest BCUT2D eigenvalue weighted by molar-refractivity contribution is 5.95. The van der Waals surface area contributed by atoms with Crippen molar-refractivity contribution < 1.29 is 9.90 Å². The van der Waals surface area contributed by atoms with Gasteiger partial charge in [0.2, 0.25) is 5.91 Å². The molecule has 1 aliphatic rings. The first-order valence-electron chi connectivity index (χ1n) is 7.06. The van der Waals surface area contributed by atoms with E-state index in [0.717, 1.165) is 25.7 Å². The maximum atomic E-state index is 12.2. The van der Waals surface area contributed by atoms with Crippen LogP contribution in [0.5, 0.6) is 5.75 Å². The van der Waals surface area contributed by atoms with Gasteiger partial charge in [-0.25, -0.2) is 0 Å². The number of benzene rings is 1. The van der Waals surface area contributed by atoms with Gasteiger partial charge in [0, 0.05) is 12.0 Å². The summed E-state index contributed by atoms with van der Waals surface area (Å²) in [6, 6.07) is 4.63. The summed E-state index contributed by atoms with van der Waals surface area (Å²) in [5, 5.41) is 12.2. The van der Waals surface area contributed by atoms with Crippen LogP contribution in [0.2, 0.25) is 0 Å². The summed E-state index contributed by atoms with van der Waals surface area (Å²) in [5.41, 5.74) is 6.77. The fraction of sp³-hybridized carbons (Fsp3) is 0.533. The number of phenolic OH excluding ortho intramolecular Hbond substituents is 1. The number of rotatable bonds is 2. The summed E-state index contributed by atoms with van der Waals surface area (Å²) in [7, 11) is 0. The summed E-state index contributed by atoms with van der Waals surface area (Å²) in [6.45, 7) is 0. The third kappa shape index (κ3) is 3.88. The first-order chi connectivity index (χ1) is 9.16. The van der Waals surface area contributed by atoms with Gasteiger partial charge in [-0.2, -0.15) is 0 Å². The maximum absolute atomic E-state index is 12.2. The second-order valence-electron chi connectivity index (χ2n) is 5.30. The van der Waals surface area contributed by atoms with Crippen molar-refractivity contribution in [2.24, 2.45) is 5.92 Å². The molecule has 4 nitrogen and oxygen atoms in total. The van der Waals surface area contributed by atoms with E-state index < -0.39 is 0 Å². The lowest BCUT2D eigenvalue weighted by Crippen LogP contribution is -2.24. The van der Waals surface area contributed by atoms with Crippen molar-refractivity contribution in [2.45, 2.75) is 44.9 Å².